The number of ether oxygens (including phenoxy) is 2. The summed E-state index contributed by atoms with van der Waals surface area (Å²) >= 11 is 0. The summed E-state index contributed by atoms with van der Waals surface area (Å²) in [4.78, 5) is 10.9. The molecule has 5 atom stereocenters. The van der Waals surface area contributed by atoms with Crippen LogP contribution in [0.3, 0.4) is 0 Å². The Morgan fingerprint density at radius 1 is 1.50 bits per heavy atom. The van der Waals surface area contributed by atoms with Crippen molar-refractivity contribution in [2.75, 3.05) is 13.7 Å². The second-order valence-electron chi connectivity index (χ2n) is 3.72. The van der Waals surface area contributed by atoms with E-state index in [1.54, 1.807) is 0 Å². The van der Waals surface area contributed by atoms with Gasteiger partial charge in [-0.05, 0) is 0 Å². The second-order valence-corrected chi connectivity index (χ2v) is 3.72. The molecule has 1 aliphatic heterocycles. The number of hydrogen-bond donors (Lipinski definition) is 4. The van der Waals surface area contributed by atoms with Gasteiger partial charge in [0.2, 0.25) is 5.91 Å². The van der Waals surface area contributed by atoms with E-state index >= 15 is 0 Å². The van der Waals surface area contributed by atoms with Gasteiger partial charge in [0.1, 0.15) is 24.4 Å². The third kappa shape index (κ3) is 2.69. The van der Waals surface area contributed by atoms with E-state index in [1.165, 1.54) is 14.0 Å². The van der Waals surface area contributed by atoms with Crippen LogP contribution in [0.15, 0.2) is 0 Å². The fourth-order valence-electron chi connectivity index (χ4n) is 1.72. The largest absolute Gasteiger partial charge is 0.388 e. The molecular formula is C9H18N2O5. The van der Waals surface area contributed by atoms with Crippen molar-refractivity contribution in [3.63, 3.8) is 0 Å². The Balaban J connectivity index is 2.77. The first kappa shape index (κ1) is 13.3. The molecule has 7 heteroatoms. The van der Waals surface area contributed by atoms with Crippen molar-refractivity contribution in [1.29, 1.82) is 0 Å². The van der Waals surface area contributed by atoms with Crippen LogP contribution in [0.2, 0.25) is 0 Å². The molecular weight excluding hydrogens is 216 g/mol. The molecule has 0 aromatic heterocycles. The number of hydrogen-bond acceptors (Lipinski definition) is 6. The lowest BCUT2D eigenvalue weighted by Gasteiger charge is -2.41. The van der Waals surface area contributed by atoms with E-state index < -0.39 is 30.6 Å². The van der Waals surface area contributed by atoms with Crippen LogP contribution in [0.5, 0.6) is 0 Å². The van der Waals surface area contributed by atoms with Crippen molar-refractivity contribution in [3.05, 3.63) is 0 Å². The monoisotopic (exact) mass is 234 g/mol. The van der Waals surface area contributed by atoms with Crippen LogP contribution in [0.25, 0.3) is 0 Å². The normalized spacial score (nSPS) is 39.4. The first-order valence-electron chi connectivity index (χ1n) is 5.02. The number of carbonyl (C=O) groups is 1. The van der Waals surface area contributed by atoms with Crippen molar-refractivity contribution < 1.29 is 24.5 Å². The fraction of sp³-hybridized carbons (Fsp3) is 0.889. The molecule has 0 spiro atoms. The van der Waals surface area contributed by atoms with E-state index in [0.29, 0.717) is 0 Å². The Labute approximate surface area is 93.5 Å². The van der Waals surface area contributed by atoms with E-state index in [2.05, 4.69) is 5.32 Å². The minimum atomic E-state index is -1.17. The Morgan fingerprint density at radius 2 is 2.12 bits per heavy atom. The van der Waals surface area contributed by atoms with Crippen molar-refractivity contribution in [2.24, 2.45) is 5.73 Å². The standard InChI is InChI=1S/C9H18N2O5/c1-4(12)11-6-8(14)7(13)5(3-10)16-9(6)15-2/h5-9,13-14H,3,10H2,1-2H3,(H,11,12). The van der Waals surface area contributed by atoms with Gasteiger partial charge in [0, 0.05) is 20.6 Å². The van der Waals surface area contributed by atoms with Crippen molar-refractivity contribution in [1.82, 2.24) is 5.32 Å². The number of rotatable bonds is 3. The van der Waals surface area contributed by atoms with Crippen LogP contribution in [0, 0.1) is 0 Å². The van der Waals surface area contributed by atoms with Crippen molar-refractivity contribution in [2.45, 2.75) is 37.6 Å². The quantitative estimate of drug-likeness (QED) is 0.431. The Kier molecular flexibility index (Phi) is 4.63. The third-order valence-corrected chi connectivity index (χ3v) is 2.54. The van der Waals surface area contributed by atoms with Crippen molar-refractivity contribution >= 4 is 5.91 Å². The van der Waals surface area contributed by atoms with E-state index in [9.17, 15) is 15.0 Å². The average Bonchev–Trinajstić information content (AvgIpc) is 2.25. The lowest BCUT2D eigenvalue weighted by atomic mass is 9.96. The number of aliphatic hydroxyl groups is 2. The molecule has 7 nitrogen and oxygen atoms in total. The van der Waals surface area contributed by atoms with E-state index in [-0.39, 0.29) is 12.5 Å². The Morgan fingerprint density at radius 3 is 2.56 bits per heavy atom. The first-order valence-corrected chi connectivity index (χ1v) is 5.02. The summed E-state index contributed by atoms with van der Waals surface area (Å²) in [5, 5.41) is 21.9. The molecule has 0 saturated carbocycles. The molecule has 5 unspecified atom stereocenters. The van der Waals surface area contributed by atoms with Crippen molar-refractivity contribution in [3.8, 4) is 0 Å². The van der Waals surface area contributed by atoms with Crippen LogP contribution < -0.4 is 11.1 Å². The SMILES string of the molecule is COC1OC(CN)C(O)C(O)C1NC(C)=O. The van der Waals surface area contributed by atoms with Crippen LogP contribution >= 0.6 is 0 Å². The Bertz CT molecular complexity index is 248. The highest BCUT2D eigenvalue weighted by Crippen LogP contribution is 2.21. The number of aliphatic hydroxyl groups excluding tert-OH is 2. The molecule has 1 heterocycles. The van der Waals surface area contributed by atoms with Gasteiger partial charge >= 0.3 is 0 Å². The number of methoxy groups -OCH3 is 1. The molecule has 16 heavy (non-hydrogen) atoms. The zero-order chi connectivity index (χ0) is 12.3. The maximum atomic E-state index is 10.9. The van der Waals surface area contributed by atoms with E-state index in [0.717, 1.165) is 0 Å². The van der Waals surface area contributed by atoms with Gasteiger partial charge in [-0.3, -0.25) is 4.79 Å². The molecule has 1 rings (SSSR count). The zero-order valence-electron chi connectivity index (χ0n) is 9.29. The predicted octanol–water partition coefficient (Wildman–Crippen LogP) is -2.46. The van der Waals surface area contributed by atoms with Gasteiger partial charge in [-0.2, -0.15) is 0 Å². The highest BCUT2D eigenvalue weighted by molar-refractivity contribution is 5.73. The molecule has 0 radical (unpaired) electrons. The predicted molar refractivity (Wildman–Crippen MR) is 54.3 cm³/mol. The molecule has 1 amide bonds. The van der Waals surface area contributed by atoms with Gasteiger partial charge in [-0.25, -0.2) is 0 Å². The van der Waals surface area contributed by atoms with E-state index in [1.807, 2.05) is 0 Å². The Hall–Kier alpha value is -0.730. The lowest BCUT2D eigenvalue weighted by Crippen LogP contribution is -2.64. The summed E-state index contributed by atoms with van der Waals surface area (Å²) in [6.07, 6.45) is -3.84. The number of nitrogens with one attached hydrogen (secondary N) is 1. The second kappa shape index (κ2) is 5.55. The van der Waals surface area contributed by atoms with Gasteiger partial charge in [-0.1, -0.05) is 0 Å². The number of amides is 1. The van der Waals surface area contributed by atoms with Gasteiger partial charge in [0.05, 0.1) is 0 Å². The highest BCUT2D eigenvalue weighted by Gasteiger charge is 2.44. The molecule has 0 aromatic carbocycles. The minimum absolute atomic E-state index is 0.0604. The number of carbonyl (C=O) groups excluding carboxylic acids is 1. The molecule has 94 valence electrons. The molecule has 1 fully saturated rings. The van der Waals surface area contributed by atoms with Crippen LogP contribution in [0.1, 0.15) is 6.92 Å². The molecule has 5 N–H and O–H groups in total. The van der Waals surface area contributed by atoms with Gasteiger partial charge < -0.3 is 30.7 Å². The zero-order valence-corrected chi connectivity index (χ0v) is 9.29. The maximum absolute atomic E-state index is 10.9. The topological polar surface area (TPSA) is 114 Å². The summed E-state index contributed by atoms with van der Waals surface area (Å²) in [5.41, 5.74) is 5.38. The molecule has 1 aliphatic rings. The summed E-state index contributed by atoms with van der Waals surface area (Å²) in [6, 6.07) is -0.805. The summed E-state index contributed by atoms with van der Waals surface area (Å²) < 4.78 is 10.3. The highest BCUT2D eigenvalue weighted by atomic mass is 16.7. The minimum Gasteiger partial charge on any atom is -0.388 e. The van der Waals surface area contributed by atoms with E-state index in [4.69, 9.17) is 15.2 Å². The van der Waals surface area contributed by atoms with Gasteiger partial charge in [0.25, 0.3) is 0 Å². The summed E-state index contributed by atoms with van der Waals surface area (Å²) in [7, 11) is 1.39. The molecule has 0 aromatic rings. The van der Waals surface area contributed by atoms with Crippen LogP contribution in [0.4, 0.5) is 0 Å². The number of nitrogens with two attached hydrogens (primary N) is 1. The summed E-state index contributed by atoms with van der Waals surface area (Å²) in [5.74, 6) is -0.340. The van der Waals surface area contributed by atoms with Gasteiger partial charge in [-0.15, -0.1) is 0 Å². The first-order chi connectivity index (χ1) is 7.51. The van der Waals surface area contributed by atoms with Gasteiger partial charge in [0.15, 0.2) is 6.29 Å². The smallest absolute Gasteiger partial charge is 0.217 e. The molecule has 0 bridgehead atoms. The van der Waals surface area contributed by atoms with Crippen LogP contribution in [-0.2, 0) is 14.3 Å². The lowest BCUT2D eigenvalue weighted by molar-refractivity contribution is -0.253. The maximum Gasteiger partial charge on any atom is 0.217 e. The molecule has 1 saturated heterocycles. The fourth-order valence-corrected chi connectivity index (χ4v) is 1.72. The third-order valence-electron chi connectivity index (χ3n) is 2.54. The van der Waals surface area contributed by atoms with Crippen LogP contribution in [-0.4, -0.2) is 60.4 Å². The summed E-state index contributed by atoms with van der Waals surface area (Å²) in [6.45, 7) is 1.37. The average molecular weight is 234 g/mol. The molecule has 0 aliphatic carbocycles.